The lowest BCUT2D eigenvalue weighted by atomic mass is 10.2. The third-order valence-electron chi connectivity index (χ3n) is 4.12. The van der Waals surface area contributed by atoms with E-state index in [1.165, 1.54) is 0 Å². The molecule has 2 aromatic rings. The molecule has 1 amide bonds. The zero-order valence-electron chi connectivity index (χ0n) is 14.8. The quantitative estimate of drug-likeness (QED) is 0.714. The van der Waals surface area contributed by atoms with Gasteiger partial charge >= 0.3 is 0 Å². The molecule has 3 rings (SSSR count). The van der Waals surface area contributed by atoms with Gasteiger partial charge in [0.05, 0.1) is 18.4 Å². The van der Waals surface area contributed by atoms with Crippen molar-refractivity contribution in [2.75, 3.05) is 26.4 Å². The zero-order chi connectivity index (χ0) is 18.4. The third-order valence-corrected chi connectivity index (χ3v) is 4.37. The lowest BCUT2D eigenvalue weighted by molar-refractivity contribution is 0.0166. The number of amides is 1. The lowest BCUT2D eigenvalue weighted by Crippen LogP contribution is -2.27. The number of aryl methyl sites for hydroxylation is 1. The number of hydrogen-bond donors (Lipinski definition) is 1. The maximum absolute atomic E-state index is 12.2. The van der Waals surface area contributed by atoms with Crippen molar-refractivity contribution in [1.29, 1.82) is 0 Å². The molecule has 1 aromatic carbocycles. The molecule has 1 atom stereocenters. The topological polar surface area (TPSA) is 78.3 Å². The number of nitrogens with zero attached hydrogens (tertiary/aromatic N) is 3. The van der Waals surface area contributed by atoms with Crippen LogP contribution in [0.25, 0.3) is 5.69 Å². The molecule has 0 bridgehead atoms. The summed E-state index contributed by atoms with van der Waals surface area (Å²) in [6, 6.07) is 7.21. The van der Waals surface area contributed by atoms with Crippen molar-refractivity contribution in [3.05, 3.63) is 40.9 Å². The summed E-state index contributed by atoms with van der Waals surface area (Å²) in [6.07, 6.45) is 3.14. The van der Waals surface area contributed by atoms with Crippen LogP contribution in [0.4, 0.5) is 0 Å². The number of hydrogen-bond acceptors (Lipinski definition) is 5. The molecule has 0 saturated carbocycles. The second-order valence-electron chi connectivity index (χ2n) is 6.19. The van der Waals surface area contributed by atoms with Gasteiger partial charge in [-0.3, -0.25) is 4.79 Å². The van der Waals surface area contributed by atoms with E-state index in [1.54, 1.807) is 23.7 Å². The van der Waals surface area contributed by atoms with Gasteiger partial charge in [0.2, 0.25) is 5.82 Å². The summed E-state index contributed by atoms with van der Waals surface area (Å²) in [7, 11) is 0. The Balaban J connectivity index is 1.43. The van der Waals surface area contributed by atoms with E-state index in [1.807, 2.05) is 12.1 Å². The summed E-state index contributed by atoms with van der Waals surface area (Å²) in [5.74, 6) is 0.495. The van der Waals surface area contributed by atoms with E-state index in [0.717, 1.165) is 31.6 Å². The highest BCUT2D eigenvalue weighted by atomic mass is 35.5. The molecular formula is C18H23ClN4O3. The molecule has 1 N–H and O–H groups in total. The number of ether oxygens (including phenoxy) is 2. The fraction of sp³-hybridized carbons (Fsp3) is 0.500. The molecule has 8 heteroatoms. The van der Waals surface area contributed by atoms with Gasteiger partial charge in [0.1, 0.15) is 5.82 Å². The summed E-state index contributed by atoms with van der Waals surface area (Å²) < 4.78 is 12.7. The van der Waals surface area contributed by atoms with Gasteiger partial charge in [0, 0.05) is 24.8 Å². The summed E-state index contributed by atoms with van der Waals surface area (Å²) in [5, 5.41) is 7.74. The van der Waals surface area contributed by atoms with Gasteiger partial charge in [-0.1, -0.05) is 11.6 Å². The number of carbonyl (C=O) groups is 1. The van der Waals surface area contributed by atoms with Gasteiger partial charge in [-0.05, 0) is 50.5 Å². The lowest BCUT2D eigenvalue weighted by Gasteiger charge is -2.09. The number of halogens is 1. The van der Waals surface area contributed by atoms with Crippen LogP contribution in [0.1, 0.15) is 35.7 Å². The van der Waals surface area contributed by atoms with Crippen molar-refractivity contribution in [3.63, 3.8) is 0 Å². The molecule has 2 heterocycles. The molecular weight excluding hydrogens is 356 g/mol. The van der Waals surface area contributed by atoms with E-state index in [2.05, 4.69) is 15.4 Å². The first-order valence-corrected chi connectivity index (χ1v) is 9.18. The minimum atomic E-state index is -0.292. The highest BCUT2D eigenvalue weighted by Crippen LogP contribution is 2.14. The number of nitrogens with one attached hydrogen (secondary N) is 1. The maximum atomic E-state index is 12.2. The molecule has 1 aliphatic heterocycles. The maximum Gasteiger partial charge on any atom is 0.290 e. The van der Waals surface area contributed by atoms with Crippen LogP contribution >= 0.6 is 11.6 Å². The Hall–Kier alpha value is -1.96. The number of carbonyl (C=O) groups excluding carboxylic acids is 1. The second kappa shape index (κ2) is 9.12. The first kappa shape index (κ1) is 18.8. The Morgan fingerprint density at radius 2 is 2.23 bits per heavy atom. The van der Waals surface area contributed by atoms with Gasteiger partial charge in [-0.25, -0.2) is 9.67 Å². The monoisotopic (exact) mass is 378 g/mol. The van der Waals surface area contributed by atoms with E-state index in [4.69, 9.17) is 21.1 Å². The average Bonchev–Trinajstić information content (AvgIpc) is 3.28. The van der Waals surface area contributed by atoms with E-state index in [9.17, 15) is 4.79 Å². The van der Waals surface area contributed by atoms with Crippen LogP contribution < -0.4 is 5.32 Å². The summed E-state index contributed by atoms with van der Waals surface area (Å²) >= 11 is 5.90. The standard InChI is InChI=1S/C18H23ClN4O3/c1-13-21-17(22-23(13)15-7-5-14(19)6-8-15)18(24)20-9-3-10-25-12-16-4-2-11-26-16/h5-8,16H,2-4,9-12H2,1H3,(H,20,24). The van der Waals surface area contributed by atoms with Crippen molar-refractivity contribution in [3.8, 4) is 5.69 Å². The van der Waals surface area contributed by atoms with Crippen LogP contribution in [0.3, 0.4) is 0 Å². The van der Waals surface area contributed by atoms with E-state index >= 15 is 0 Å². The molecule has 1 saturated heterocycles. The molecule has 140 valence electrons. The molecule has 1 aliphatic rings. The fourth-order valence-electron chi connectivity index (χ4n) is 2.76. The molecule has 0 spiro atoms. The van der Waals surface area contributed by atoms with Crippen molar-refractivity contribution < 1.29 is 14.3 Å². The van der Waals surface area contributed by atoms with Crippen molar-refractivity contribution in [2.24, 2.45) is 0 Å². The molecule has 1 fully saturated rings. The summed E-state index contributed by atoms with van der Waals surface area (Å²) in [4.78, 5) is 16.4. The minimum Gasteiger partial charge on any atom is -0.379 e. The fourth-order valence-corrected chi connectivity index (χ4v) is 2.88. The highest BCUT2D eigenvalue weighted by molar-refractivity contribution is 6.30. The van der Waals surface area contributed by atoms with Crippen LogP contribution in [-0.4, -0.2) is 53.1 Å². The van der Waals surface area contributed by atoms with Crippen LogP contribution in [0.2, 0.25) is 5.02 Å². The van der Waals surface area contributed by atoms with Gasteiger partial charge in [0.25, 0.3) is 5.91 Å². The minimum absolute atomic E-state index is 0.151. The van der Waals surface area contributed by atoms with Gasteiger partial charge in [-0.2, -0.15) is 0 Å². The van der Waals surface area contributed by atoms with Gasteiger partial charge < -0.3 is 14.8 Å². The normalized spacial score (nSPS) is 16.8. The van der Waals surface area contributed by atoms with Gasteiger partial charge in [-0.15, -0.1) is 5.10 Å². The number of rotatable bonds is 8. The first-order valence-electron chi connectivity index (χ1n) is 8.80. The Morgan fingerprint density at radius 1 is 1.42 bits per heavy atom. The third kappa shape index (κ3) is 5.03. The Kier molecular flexibility index (Phi) is 6.60. The molecule has 0 radical (unpaired) electrons. The Labute approximate surface area is 157 Å². The zero-order valence-corrected chi connectivity index (χ0v) is 15.5. The average molecular weight is 379 g/mol. The smallest absolute Gasteiger partial charge is 0.290 e. The molecule has 26 heavy (non-hydrogen) atoms. The van der Waals surface area contributed by atoms with Crippen LogP contribution in [0.15, 0.2) is 24.3 Å². The summed E-state index contributed by atoms with van der Waals surface area (Å²) in [5.41, 5.74) is 0.806. The first-order chi connectivity index (χ1) is 12.6. The Bertz CT molecular complexity index is 727. The number of benzene rings is 1. The van der Waals surface area contributed by atoms with Crippen LogP contribution in [0.5, 0.6) is 0 Å². The predicted octanol–water partition coefficient (Wildman–Crippen LogP) is 2.54. The van der Waals surface area contributed by atoms with Crippen LogP contribution in [0, 0.1) is 6.92 Å². The van der Waals surface area contributed by atoms with Gasteiger partial charge in [0.15, 0.2) is 0 Å². The van der Waals surface area contributed by atoms with Crippen molar-refractivity contribution >= 4 is 17.5 Å². The molecule has 1 unspecified atom stereocenters. The molecule has 7 nitrogen and oxygen atoms in total. The SMILES string of the molecule is Cc1nc(C(=O)NCCCOCC2CCCO2)nn1-c1ccc(Cl)cc1. The van der Waals surface area contributed by atoms with E-state index < -0.39 is 0 Å². The largest absolute Gasteiger partial charge is 0.379 e. The second-order valence-corrected chi connectivity index (χ2v) is 6.63. The number of aromatic nitrogens is 3. The Morgan fingerprint density at radius 3 is 2.96 bits per heavy atom. The van der Waals surface area contributed by atoms with E-state index in [-0.39, 0.29) is 17.8 Å². The molecule has 1 aromatic heterocycles. The van der Waals surface area contributed by atoms with Crippen LogP contribution in [-0.2, 0) is 9.47 Å². The van der Waals surface area contributed by atoms with E-state index in [0.29, 0.717) is 30.6 Å². The highest BCUT2D eigenvalue weighted by Gasteiger charge is 2.16. The predicted molar refractivity (Wildman–Crippen MR) is 97.8 cm³/mol. The van der Waals surface area contributed by atoms with Crippen molar-refractivity contribution in [2.45, 2.75) is 32.3 Å². The summed E-state index contributed by atoms with van der Waals surface area (Å²) in [6.45, 7) is 4.36. The van der Waals surface area contributed by atoms with Crippen molar-refractivity contribution in [1.82, 2.24) is 20.1 Å². The molecule has 0 aliphatic carbocycles.